The van der Waals surface area contributed by atoms with Gasteiger partial charge in [-0.1, -0.05) is 42.5 Å². The maximum Gasteiger partial charge on any atom is 0.310 e. The maximum absolute atomic E-state index is 14.4. The molecule has 2 aromatic carbocycles. The second-order valence-corrected chi connectivity index (χ2v) is 8.35. The molecule has 5 nitrogen and oxygen atoms in total. The lowest BCUT2D eigenvalue weighted by molar-refractivity contribution is -0.138. The molecule has 3 atom stereocenters. The van der Waals surface area contributed by atoms with Gasteiger partial charge >= 0.3 is 5.97 Å². The van der Waals surface area contributed by atoms with Crippen LogP contribution in [0, 0.1) is 11.7 Å². The highest BCUT2D eigenvalue weighted by Gasteiger charge is 2.27. The quantitative estimate of drug-likeness (QED) is 0.485. The van der Waals surface area contributed by atoms with Gasteiger partial charge in [-0.3, -0.25) is 9.78 Å². The van der Waals surface area contributed by atoms with E-state index in [2.05, 4.69) is 33.8 Å². The summed E-state index contributed by atoms with van der Waals surface area (Å²) in [5.41, 5.74) is 4.48. The fourth-order valence-corrected chi connectivity index (χ4v) is 4.34. The Balaban J connectivity index is 1.49. The van der Waals surface area contributed by atoms with Crippen molar-refractivity contribution >= 4 is 11.7 Å². The molecule has 3 aromatic rings. The first kappa shape index (κ1) is 22.0. The number of hydrogen-bond acceptors (Lipinski definition) is 4. The SMILES string of the molecule is C[C@H](C(=O)O)c1ccc(F)c(CCN[C@H](c2ccccc2)[C@H]2CNc3cccnc3C2)c1. The predicted octanol–water partition coefficient (Wildman–Crippen LogP) is 4.57. The number of fused-ring (bicyclic) bond motifs is 1. The van der Waals surface area contributed by atoms with E-state index in [4.69, 9.17) is 0 Å². The van der Waals surface area contributed by atoms with Crippen molar-refractivity contribution in [1.29, 1.82) is 0 Å². The average Bonchev–Trinajstić information content (AvgIpc) is 2.82. The molecular formula is C26H28FN3O2. The maximum atomic E-state index is 14.4. The Morgan fingerprint density at radius 3 is 2.78 bits per heavy atom. The molecular weight excluding hydrogens is 405 g/mol. The molecule has 0 unspecified atom stereocenters. The van der Waals surface area contributed by atoms with E-state index in [1.165, 1.54) is 11.6 Å². The van der Waals surface area contributed by atoms with Gasteiger partial charge in [0.05, 0.1) is 17.3 Å². The third-order valence-electron chi connectivity index (χ3n) is 6.23. The summed E-state index contributed by atoms with van der Waals surface area (Å²) in [6.45, 7) is 3.02. The Kier molecular flexibility index (Phi) is 6.81. The van der Waals surface area contributed by atoms with Crippen LogP contribution in [0.5, 0.6) is 0 Å². The summed E-state index contributed by atoms with van der Waals surface area (Å²) in [5, 5.41) is 16.4. The third-order valence-corrected chi connectivity index (χ3v) is 6.23. The molecule has 1 aromatic heterocycles. The number of carboxylic acid groups (broad SMARTS) is 1. The molecule has 0 radical (unpaired) electrons. The number of aliphatic carboxylic acids is 1. The minimum atomic E-state index is -0.913. The summed E-state index contributed by atoms with van der Waals surface area (Å²) in [6, 6.07) is 19.0. The van der Waals surface area contributed by atoms with Gasteiger partial charge in [0.1, 0.15) is 5.82 Å². The molecule has 166 valence electrons. The fraction of sp³-hybridized carbons (Fsp3) is 0.308. The second-order valence-electron chi connectivity index (χ2n) is 8.35. The molecule has 32 heavy (non-hydrogen) atoms. The van der Waals surface area contributed by atoms with Gasteiger partial charge in [-0.2, -0.15) is 0 Å². The van der Waals surface area contributed by atoms with Crippen molar-refractivity contribution in [2.24, 2.45) is 5.92 Å². The normalized spacial score (nSPS) is 17.1. The van der Waals surface area contributed by atoms with E-state index in [-0.39, 0.29) is 11.9 Å². The van der Waals surface area contributed by atoms with Crippen molar-refractivity contribution in [3.8, 4) is 0 Å². The van der Waals surface area contributed by atoms with E-state index >= 15 is 0 Å². The van der Waals surface area contributed by atoms with Crippen molar-refractivity contribution in [1.82, 2.24) is 10.3 Å². The number of carbonyl (C=O) groups is 1. The summed E-state index contributed by atoms with van der Waals surface area (Å²) < 4.78 is 14.4. The van der Waals surface area contributed by atoms with Crippen LogP contribution in [0.3, 0.4) is 0 Å². The van der Waals surface area contributed by atoms with Crippen LogP contribution in [0.25, 0.3) is 0 Å². The Hall–Kier alpha value is -3.25. The smallest absolute Gasteiger partial charge is 0.310 e. The fourth-order valence-electron chi connectivity index (χ4n) is 4.34. The van der Waals surface area contributed by atoms with Gasteiger partial charge in [0.2, 0.25) is 0 Å². The minimum absolute atomic E-state index is 0.0862. The topological polar surface area (TPSA) is 74.2 Å². The summed E-state index contributed by atoms with van der Waals surface area (Å²) in [6.07, 6.45) is 3.15. The van der Waals surface area contributed by atoms with Crippen LogP contribution in [-0.2, 0) is 17.6 Å². The van der Waals surface area contributed by atoms with Crippen LogP contribution in [-0.4, -0.2) is 29.1 Å². The molecule has 6 heteroatoms. The first-order valence-electron chi connectivity index (χ1n) is 11.0. The van der Waals surface area contributed by atoms with Crippen molar-refractivity contribution in [3.05, 3.63) is 95.1 Å². The lowest BCUT2D eigenvalue weighted by atomic mass is 9.86. The van der Waals surface area contributed by atoms with Crippen LogP contribution in [0.15, 0.2) is 66.9 Å². The molecule has 0 aliphatic carbocycles. The molecule has 0 saturated heterocycles. The molecule has 0 amide bonds. The standard InChI is InChI=1S/C26H28FN3O2/c1-17(26(31)32)19-9-10-22(27)20(14-19)11-13-29-25(18-6-3-2-4-7-18)21-15-24-23(30-16-21)8-5-12-28-24/h2-10,12,14,17,21,25,29-30H,11,13,15-16H2,1H3,(H,31,32)/t17-,21+,25+/m0/s1. The number of benzene rings is 2. The van der Waals surface area contributed by atoms with E-state index in [0.717, 1.165) is 24.3 Å². The number of nitrogens with one attached hydrogen (secondary N) is 2. The van der Waals surface area contributed by atoms with E-state index in [0.29, 0.717) is 30.0 Å². The average molecular weight is 434 g/mol. The number of hydrogen-bond donors (Lipinski definition) is 3. The number of nitrogens with zero attached hydrogens (tertiary/aromatic N) is 1. The van der Waals surface area contributed by atoms with Gasteiger partial charge in [0, 0.05) is 24.7 Å². The number of halogens is 1. The zero-order valence-corrected chi connectivity index (χ0v) is 18.1. The minimum Gasteiger partial charge on any atom is -0.481 e. The van der Waals surface area contributed by atoms with Crippen molar-refractivity contribution < 1.29 is 14.3 Å². The molecule has 2 heterocycles. The zero-order valence-electron chi connectivity index (χ0n) is 18.1. The molecule has 0 spiro atoms. The Bertz CT molecular complexity index is 1070. The molecule has 4 rings (SSSR count). The van der Waals surface area contributed by atoms with Crippen LogP contribution in [0.2, 0.25) is 0 Å². The van der Waals surface area contributed by atoms with E-state index in [1.807, 2.05) is 30.5 Å². The first-order valence-corrected chi connectivity index (χ1v) is 11.0. The largest absolute Gasteiger partial charge is 0.481 e. The van der Waals surface area contributed by atoms with E-state index < -0.39 is 11.9 Å². The molecule has 0 bridgehead atoms. The van der Waals surface area contributed by atoms with Gasteiger partial charge in [0.25, 0.3) is 0 Å². The Labute approximate surface area is 187 Å². The second kappa shape index (κ2) is 9.92. The Morgan fingerprint density at radius 2 is 2.00 bits per heavy atom. The van der Waals surface area contributed by atoms with Crippen molar-refractivity contribution in [2.45, 2.75) is 31.7 Å². The molecule has 0 saturated carbocycles. The highest BCUT2D eigenvalue weighted by atomic mass is 19.1. The Morgan fingerprint density at radius 1 is 1.19 bits per heavy atom. The van der Waals surface area contributed by atoms with Crippen LogP contribution in [0.1, 0.15) is 41.3 Å². The summed E-state index contributed by atoms with van der Waals surface area (Å²) in [5.74, 6) is -1.59. The molecule has 1 aliphatic rings. The molecule has 0 fully saturated rings. The van der Waals surface area contributed by atoms with E-state index in [1.54, 1.807) is 19.1 Å². The highest BCUT2D eigenvalue weighted by Crippen LogP contribution is 2.31. The number of pyridine rings is 1. The summed E-state index contributed by atoms with van der Waals surface area (Å²) in [7, 11) is 0. The van der Waals surface area contributed by atoms with Gasteiger partial charge < -0.3 is 15.7 Å². The third kappa shape index (κ3) is 4.97. The van der Waals surface area contributed by atoms with Gasteiger partial charge in [-0.15, -0.1) is 0 Å². The van der Waals surface area contributed by atoms with Crippen molar-refractivity contribution in [3.63, 3.8) is 0 Å². The monoisotopic (exact) mass is 433 g/mol. The molecule has 1 aliphatic heterocycles. The summed E-state index contributed by atoms with van der Waals surface area (Å²) >= 11 is 0. The number of aromatic nitrogens is 1. The van der Waals surface area contributed by atoms with Gasteiger partial charge in [0.15, 0.2) is 0 Å². The number of anilines is 1. The van der Waals surface area contributed by atoms with Gasteiger partial charge in [-0.25, -0.2) is 4.39 Å². The zero-order chi connectivity index (χ0) is 22.5. The number of rotatable bonds is 8. The van der Waals surface area contributed by atoms with Crippen LogP contribution >= 0.6 is 0 Å². The lowest BCUT2D eigenvalue weighted by Crippen LogP contribution is -2.37. The van der Waals surface area contributed by atoms with Crippen molar-refractivity contribution in [2.75, 3.05) is 18.4 Å². The summed E-state index contributed by atoms with van der Waals surface area (Å²) in [4.78, 5) is 15.8. The molecule has 3 N–H and O–H groups in total. The van der Waals surface area contributed by atoms with Gasteiger partial charge in [-0.05, 0) is 61.2 Å². The highest BCUT2D eigenvalue weighted by molar-refractivity contribution is 5.75. The number of carboxylic acids is 1. The van der Waals surface area contributed by atoms with Crippen LogP contribution in [0.4, 0.5) is 10.1 Å². The first-order chi connectivity index (χ1) is 15.5. The predicted molar refractivity (Wildman–Crippen MR) is 123 cm³/mol. The van der Waals surface area contributed by atoms with Crippen LogP contribution < -0.4 is 10.6 Å². The van der Waals surface area contributed by atoms with E-state index in [9.17, 15) is 14.3 Å². The lowest BCUT2D eigenvalue weighted by Gasteiger charge is -2.33.